The second-order valence-electron chi connectivity index (χ2n) is 3.32. The van der Waals surface area contributed by atoms with Gasteiger partial charge in [0.2, 0.25) is 5.95 Å². The van der Waals surface area contributed by atoms with Gasteiger partial charge in [-0.25, -0.2) is 9.97 Å². The highest BCUT2D eigenvalue weighted by Crippen LogP contribution is 2.15. The fourth-order valence-corrected chi connectivity index (χ4v) is 1.66. The summed E-state index contributed by atoms with van der Waals surface area (Å²) in [6.07, 6.45) is 2.84. The average Bonchev–Trinajstić information content (AvgIpc) is 2.17. The van der Waals surface area contributed by atoms with Gasteiger partial charge in [-0.3, -0.25) is 4.90 Å². The van der Waals surface area contributed by atoms with Gasteiger partial charge in [0.1, 0.15) is 0 Å². The van der Waals surface area contributed by atoms with E-state index in [9.17, 15) is 0 Å². The van der Waals surface area contributed by atoms with Crippen LogP contribution in [0.5, 0.6) is 0 Å². The Kier molecular flexibility index (Phi) is 2.14. The van der Waals surface area contributed by atoms with Gasteiger partial charge in [-0.1, -0.05) is 6.92 Å². The van der Waals surface area contributed by atoms with Crippen LogP contribution in [-0.2, 0) is 13.0 Å². The maximum atomic E-state index is 5.51. The van der Waals surface area contributed by atoms with Crippen molar-refractivity contribution in [2.45, 2.75) is 19.9 Å². The molecule has 0 amide bonds. The van der Waals surface area contributed by atoms with Crippen LogP contribution in [0.15, 0.2) is 6.20 Å². The van der Waals surface area contributed by atoms with E-state index in [0.717, 1.165) is 31.7 Å². The number of aromatic nitrogens is 2. The van der Waals surface area contributed by atoms with E-state index in [0.29, 0.717) is 5.95 Å². The highest BCUT2D eigenvalue weighted by molar-refractivity contribution is 5.26. The fraction of sp³-hybridized carbons (Fsp3) is 0.556. The van der Waals surface area contributed by atoms with Crippen LogP contribution in [0.4, 0.5) is 5.95 Å². The first-order chi connectivity index (χ1) is 6.29. The Balaban J connectivity index is 2.26. The predicted octanol–water partition coefficient (Wildman–Crippen LogP) is 0.437. The minimum atomic E-state index is 0.392. The Hall–Kier alpha value is -1.16. The molecule has 2 rings (SSSR count). The molecule has 0 aromatic carbocycles. The first-order valence-electron chi connectivity index (χ1n) is 4.62. The van der Waals surface area contributed by atoms with Crippen molar-refractivity contribution in [2.75, 3.05) is 18.8 Å². The maximum absolute atomic E-state index is 5.51. The molecule has 70 valence electrons. The number of nitrogen functional groups attached to an aromatic ring is 1. The molecule has 0 atom stereocenters. The normalized spacial score (nSPS) is 17.0. The van der Waals surface area contributed by atoms with Gasteiger partial charge in [0.25, 0.3) is 0 Å². The van der Waals surface area contributed by atoms with Gasteiger partial charge in [-0.05, 0) is 6.54 Å². The van der Waals surface area contributed by atoms with Gasteiger partial charge in [0.15, 0.2) is 0 Å². The van der Waals surface area contributed by atoms with Crippen molar-refractivity contribution < 1.29 is 0 Å². The van der Waals surface area contributed by atoms with Crippen molar-refractivity contribution in [3.63, 3.8) is 0 Å². The number of likely N-dealkylation sites (N-methyl/N-ethyl adjacent to an activating group) is 1. The van der Waals surface area contributed by atoms with Gasteiger partial charge in [0, 0.05) is 31.3 Å². The van der Waals surface area contributed by atoms with Crippen LogP contribution in [0.1, 0.15) is 18.2 Å². The number of fused-ring (bicyclic) bond motifs is 1. The largest absolute Gasteiger partial charge is 0.368 e. The van der Waals surface area contributed by atoms with Crippen molar-refractivity contribution in [2.24, 2.45) is 0 Å². The zero-order valence-electron chi connectivity index (χ0n) is 7.82. The lowest BCUT2D eigenvalue weighted by molar-refractivity contribution is 0.265. The van der Waals surface area contributed by atoms with E-state index >= 15 is 0 Å². The molecule has 0 spiro atoms. The SMILES string of the molecule is CCN1CCc2nc(N)ncc2C1. The maximum Gasteiger partial charge on any atom is 0.220 e. The average molecular weight is 178 g/mol. The molecule has 0 radical (unpaired) electrons. The summed E-state index contributed by atoms with van der Waals surface area (Å²) in [5, 5.41) is 0. The molecule has 13 heavy (non-hydrogen) atoms. The summed E-state index contributed by atoms with van der Waals surface area (Å²) in [7, 11) is 0. The van der Waals surface area contributed by atoms with E-state index in [1.54, 1.807) is 0 Å². The Morgan fingerprint density at radius 3 is 3.23 bits per heavy atom. The van der Waals surface area contributed by atoms with Crippen molar-refractivity contribution >= 4 is 5.95 Å². The molecule has 1 aliphatic heterocycles. The lowest BCUT2D eigenvalue weighted by atomic mass is 10.1. The van der Waals surface area contributed by atoms with Crippen molar-refractivity contribution in [3.8, 4) is 0 Å². The van der Waals surface area contributed by atoms with Gasteiger partial charge in [-0.2, -0.15) is 0 Å². The number of hydrogen-bond donors (Lipinski definition) is 1. The zero-order chi connectivity index (χ0) is 9.26. The van der Waals surface area contributed by atoms with Gasteiger partial charge in [0.05, 0.1) is 5.69 Å². The number of hydrogen-bond acceptors (Lipinski definition) is 4. The molecule has 1 aromatic heterocycles. The summed E-state index contributed by atoms with van der Waals surface area (Å²) >= 11 is 0. The second-order valence-corrected chi connectivity index (χ2v) is 3.32. The van der Waals surface area contributed by atoms with Gasteiger partial charge >= 0.3 is 0 Å². The predicted molar refractivity (Wildman–Crippen MR) is 51.1 cm³/mol. The van der Waals surface area contributed by atoms with Crippen molar-refractivity contribution in [1.82, 2.24) is 14.9 Å². The highest BCUT2D eigenvalue weighted by atomic mass is 15.1. The Bertz CT molecular complexity index is 310. The molecule has 1 aromatic rings. The van der Waals surface area contributed by atoms with Gasteiger partial charge < -0.3 is 5.73 Å². The third-order valence-electron chi connectivity index (χ3n) is 2.48. The molecular formula is C9H14N4. The van der Waals surface area contributed by atoms with E-state index in [-0.39, 0.29) is 0 Å². The van der Waals surface area contributed by atoms with E-state index in [2.05, 4.69) is 21.8 Å². The fourth-order valence-electron chi connectivity index (χ4n) is 1.66. The molecule has 4 heteroatoms. The Labute approximate surface area is 77.8 Å². The van der Waals surface area contributed by atoms with E-state index in [1.165, 1.54) is 5.56 Å². The van der Waals surface area contributed by atoms with Crippen LogP contribution < -0.4 is 5.73 Å². The highest BCUT2D eigenvalue weighted by Gasteiger charge is 2.16. The third-order valence-corrected chi connectivity index (χ3v) is 2.48. The lowest BCUT2D eigenvalue weighted by Gasteiger charge is -2.26. The van der Waals surface area contributed by atoms with Gasteiger partial charge in [-0.15, -0.1) is 0 Å². The van der Waals surface area contributed by atoms with E-state index in [1.807, 2.05) is 6.20 Å². The van der Waals surface area contributed by atoms with E-state index in [4.69, 9.17) is 5.73 Å². The van der Waals surface area contributed by atoms with Crippen molar-refractivity contribution in [1.29, 1.82) is 0 Å². The summed E-state index contributed by atoms with van der Waals surface area (Å²) < 4.78 is 0. The zero-order valence-corrected chi connectivity index (χ0v) is 7.82. The van der Waals surface area contributed by atoms with Crippen molar-refractivity contribution in [3.05, 3.63) is 17.5 Å². The molecule has 0 aliphatic carbocycles. The topological polar surface area (TPSA) is 55.0 Å². The molecule has 1 aliphatic rings. The van der Waals surface area contributed by atoms with Crippen LogP contribution in [0.2, 0.25) is 0 Å². The monoisotopic (exact) mass is 178 g/mol. The van der Waals surface area contributed by atoms with Crippen LogP contribution >= 0.6 is 0 Å². The summed E-state index contributed by atoms with van der Waals surface area (Å²) in [4.78, 5) is 10.6. The number of rotatable bonds is 1. The molecule has 0 unspecified atom stereocenters. The molecule has 4 nitrogen and oxygen atoms in total. The number of anilines is 1. The molecule has 2 N–H and O–H groups in total. The smallest absolute Gasteiger partial charge is 0.220 e. The summed E-state index contributed by atoms with van der Waals surface area (Å²) in [6.45, 7) is 5.30. The number of nitrogens with two attached hydrogens (primary N) is 1. The Morgan fingerprint density at radius 2 is 2.46 bits per heavy atom. The van der Waals surface area contributed by atoms with Crippen LogP contribution in [0, 0.1) is 0 Å². The quantitative estimate of drug-likeness (QED) is 0.678. The standard InChI is InChI=1S/C9H14N4/c1-2-13-4-3-8-7(6-13)5-11-9(10)12-8/h5H,2-4,6H2,1H3,(H2,10,11,12). The van der Waals surface area contributed by atoms with Crippen LogP contribution in [-0.4, -0.2) is 28.0 Å². The molecule has 0 saturated carbocycles. The van der Waals surface area contributed by atoms with E-state index < -0.39 is 0 Å². The molecule has 0 fully saturated rings. The Morgan fingerprint density at radius 1 is 1.62 bits per heavy atom. The first-order valence-corrected chi connectivity index (χ1v) is 4.62. The second kappa shape index (κ2) is 3.30. The lowest BCUT2D eigenvalue weighted by Crippen LogP contribution is -2.31. The van der Waals surface area contributed by atoms with Crippen LogP contribution in [0.3, 0.4) is 0 Å². The summed E-state index contributed by atoms with van der Waals surface area (Å²) in [6, 6.07) is 0. The first kappa shape index (κ1) is 8.44. The summed E-state index contributed by atoms with van der Waals surface area (Å²) in [5.41, 5.74) is 7.86. The molecule has 0 saturated heterocycles. The minimum Gasteiger partial charge on any atom is -0.368 e. The molecular weight excluding hydrogens is 164 g/mol. The minimum absolute atomic E-state index is 0.392. The third kappa shape index (κ3) is 1.62. The molecule has 2 heterocycles. The summed E-state index contributed by atoms with van der Waals surface area (Å²) in [5.74, 6) is 0.392. The number of nitrogens with zero attached hydrogens (tertiary/aromatic N) is 3. The van der Waals surface area contributed by atoms with Crippen LogP contribution in [0.25, 0.3) is 0 Å². The molecule has 0 bridgehead atoms.